The monoisotopic (exact) mass is 258 g/mol. The minimum absolute atomic E-state index is 0.112. The molecule has 0 aliphatic rings. The molecule has 1 aromatic heterocycles. The van der Waals surface area contributed by atoms with Gasteiger partial charge in [0.25, 0.3) is 0 Å². The predicted molar refractivity (Wildman–Crippen MR) is 70.9 cm³/mol. The van der Waals surface area contributed by atoms with Gasteiger partial charge in [0, 0.05) is 25.1 Å². The summed E-state index contributed by atoms with van der Waals surface area (Å²) in [4.78, 5) is 18.8. The predicted octanol–water partition coefficient (Wildman–Crippen LogP) is 2.29. The zero-order chi connectivity index (χ0) is 13.5. The number of hydrogen-bond acceptors (Lipinski definition) is 4. The van der Waals surface area contributed by atoms with Gasteiger partial charge in [-0.1, -0.05) is 12.1 Å². The van der Waals surface area contributed by atoms with E-state index in [2.05, 4.69) is 9.97 Å². The third kappa shape index (κ3) is 3.79. The molecule has 0 bridgehead atoms. The Balaban J connectivity index is 2.06. The van der Waals surface area contributed by atoms with Crippen molar-refractivity contribution in [3.63, 3.8) is 0 Å². The first-order valence-corrected chi connectivity index (χ1v) is 5.73. The quantitative estimate of drug-likeness (QED) is 0.490. The molecule has 0 radical (unpaired) electrons. The first kappa shape index (κ1) is 13.0. The molecule has 0 saturated carbocycles. The van der Waals surface area contributed by atoms with Gasteiger partial charge in [-0.3, -0.25) is 4.79 Å². The van der Waals surface area contributed by atoms with Crippen LogP contribution in [0.2, 0.25) is 0 Å². The summed E-state index contributed by atoms with van der Waals surface area (Å²) in [5, 5.41) is 0. The lowest BCUT2D eigenvalue weighted by molar-refractivity contribution is 0.0510. The summed E-state index contributed by atoms with van der Waals surface area (Å²) in [7, 11) is 1.54. The summed E-state index contributed by atoms with van der Waals surface area (Å²) in [6, 6.07) is 6.94. The van der Waals surface area contributed by atoms with Crippen molar-refractivity contribution in [2.24, 2.45) is 0 Å². The van der Waals surface area contributed by atoms with Crippen molar-refractivity contribution in [3.8, 4) is 5.75 Å². The highest BCUT2D eigenvalue weighted by Gasteiger charge is 2.03. The fraction of sp³-hybridized carbons (Fsp3) is 0.143. The molecule has 98 valence electrons. The number of aromatic amines is 1. The first-order chi connectivity index (χ1) is 9.29. The Morgan fingerprint density at radius 3 is 3.11 bits per heavy atom. The van der Waals surface area contributed by atoms with Gasteiger partial charge >= 0.3 is 0 Å². The lowest BCUT2D eigenvalue weighted by atomic mass is 10.1. The molecule has 0 amide bonds. The third-order valence-corrected chi connectivity index (χ3v) is 2.37. The summed E-state index contributed by atoms with van der Waals surface area (Å²) >= 11 is 0. The smallest absolute Gasteiger partial charge is 0.188 e. The topological polar surface area (TPSA) is 64.2 Å². The third-order valence-electron chi connectivity index (χ3n) is 2.37. The molecule has 0 saturated heterocycles. The summed E-state index contributed by atoms with van der Waals surface area (Å²) in [5.41, 5.74) is 0.552. The van der Waals surface area contributed by atoms with Crippen LogP contribution >= 0.6 is 0 Å². The molecule has 5 heteroatoms. The molecule has 5 nitrogen and oxygen atoms in total. The number of H-pyrrole nitrogens is 1. The summed E-state index contributed by atoms with van der Waals surface area (Å²) in [6.07, 6.45) is 6.42. The van der Waals surface area contributed by atoms with Crippen molar-refractivity contribution in [2.45, 2.75) is 0 Å². The minimum Gasteiger partial charge on any atom is -0.468 e. The molecule has 0 aliphatic carbocycles. The van der Waals surface area contributed by atoms with E-state index in [0.717, 1.165) is 0 Å². The van der Waals surface area contributed by atoms with Crippen molar-refractivity contribution < 1.29 is 14.3 Å². The number of ketones is 1. The van der Waals surface area contributed by atoms with Crippen LogP contribution in [0.1, 0.15) is 16.2 Å². The lowest BCUT2D eigenvalue weighted by Gasteiger charge is -2.05. The maximum atomic E-state index is 12.0. The number of benzene rings is 1. The number of allylic oxidation sites excluding steroid dienone is 1. The number of methoxy groups -OCH3 is 1. The van der Waals surface area contributed by atoms with Crippen molar-refractivity contribution in [2.75, 3.05) is 13.9 Å². The fourth-order valence-corrected chi connectivity index (χ4v) is 1.49. The summed E-state index contributed by atoms with van der Waals surface area (Å²) < 4.78 is 10.1. The second-order valence-electron chi connectivity index (χ2n) is 3.75. The molecule has 0 spiro atoms. The summed E-state index contributed by atoms with van der Waals surface area (Å²) in [5.74, 6) is 1.12. The minimum atomic E-state index is -0.112. The molecule has 0 atom stereocenters. The van der Waals surface area contributed by atoms with E-state index in [0.29, 0.717) is 17.1 Å². The van der Waals surface area contributed by atoms with E-state index in [-0.39, 0.29) is 12.6 Å². The molecule has 2 aromatic rings. The van der Waals surface area contributed by atoms with Crippen LogP contribution in [0.25, 0.3) is 6.08 Å². The number of aromatic nitrogens is 2. The van der Waals surface area contributed by atoms with Gasteiger partial charge in [-0.25, -0.2) is 4.98 Å². The fourth-order valence-electron chi connectivity index (χ4n) is 1.49. The maximum absolute atomic E-state index is 12.0. The van der Waals surface area contributed by atoms with E-state index >= 15 is 0 Å². The number of nitrogens with one attached hydrogen (secondary N) is 1. The van der Waals surface area contributed by atoms with Gasteiger partial charge in [0.15, 0.2) is 12.6 Å². The van der Waals surface area contributed by atoms with Gasteiger partial charge in [0.1, 0.15) is 11.6 Å². The Morgan fingerprint density at radius 2 is 2.37 bits per heavy atom. The maximum Gasteiger partial charge on any atom is 0.188 e. The van der Waals surface area contributed by atoms with Crippen molar-refractivity contribution in [1.29, 1.82) is 0 Å². The number of hydrogen-bond donors (Lipinski definition) is 1. The second-order valence-corrected chi connectivity index (χ2v) is 3.75. The van der Waals surface area contributed by atoms with Gasteiger partial charge in [-0.2, -0.15) is 0 Å². The second kappa shape index (κ2) is 6.51. The van der Waals surface area contributed by atoms with Crippen molar-refractivity contribution in [1.82, 2.24) is 9.97 Å². The molecule has 1 N–H and O–H groups in total. The van der Waals surface area contributed by atoms with Crippen LogP contribution in [0, 0.1) is 0 Å². The number of carbonyl (C=O) groups excluding carboxylic acids is 1. The lowest BCUT2D eigenvalue weighted by Crippen LogP contribution is -2.00. The highest BCUT2D eigenvalue weighted by molar-refractivity contribution is 6.06. The highest BCUT2D eigenvalue weighted by atomic mass is 16.7. The van der Waals surface area contributed by atoms with E-state index in [1.165, 1.54) is 6.08 Å². The standard InChI is InChI=1S/C14H14N2O3/c1-18-10-19-12-4-2-3-11(9-12)13(17)5-6-14-15-7-8-16-14/h2-9H,10H2,1H3,(H,15,16). The van der Waals surface area contributed by atoms with Gasteiger partial charge < -0.3 is 14.5 Å². The van der Waals surface area contributed by atoms with E-state index < -0.39 is 0 Å². The van der Waals surface area contributed by atoms with Gasteiger partial charge in [0.2, 0.25) is 0 Å². The van der Waals surface area contributed by atoms with Crippen LogP contribution in [0.3, 0.4) is 0 Å². The van der Waals surface area contributed by atoms with Crippen LogP contribution in [0.4, 0.5) is 0 Å². The Bertz CT molecular complexity index is 562. The zero-order valence-electron chi connectivity index (χ0n) is 10.5. The number of ether oxygens (including phenoxy) is 2. The summed E-state index contributed by atoms with van der Waals surface area (Å²) in [6.45, 7) is 0.153. The average Bonchev–Trinajstić information content (AvgIpc) is 2.96. The zero-order valence-corrected chi connectivity index (χ0v) is 10.5. The molecule has 0 unspecified atom stereocenters. The van der Waals surface area contributed by atoms with Gasteiger partial charge in [-0.15, -0.1) is 0 Å². The number of nitrogens with zero attached hydrogens (tertiary/aromatic N) is 1. The Kier molecular flexibility index (Phi) is 4.47. The molecular weight excluding hydrogens is 244 g/mol. The van der Waals surface area contributed by atoms with Crippen LogP contribution in [0.5, 0.6) is 5.75 Å². The van der Waals surface area contributed by atoms with Gasteiger partial charge in [-0.05, 0) is 24.3 Å². The molecule has 2 rings (SSSR count). The number of rotatable bonds is 6. The normalized spacial score (nSPS) is 10.8. The van der Waals surface area contributed by atoms with Crippen LogP contribution in [0.15, 0.2) is 42.7 Å². The van der Waals surface area contributed by atoms with E-state index in [1.54, 1.807) is 49.8 Å². The van der Waals surface area contributed by atoms with E-state index in [1.807, 2.05) is 0 Å². The van der Waals surface area contributed by atoms with Gasteiger partial charge in [0.05, 0.1) is 0 Å². The largest absolute Gasteiger partial charge is 0.468 e. The Hall–Kier alpha value is -2.40. The Morgan fingerprint density at radius 1 is 1.47 bits per heavy atom. The number of carbonyl (C=O) groups is 1. The van der Waals surface area contributed by atoms with E-state index in [4.69, 9.17) is 9.47 Å². The first-order valence-electron chi connectivity index (χ1n) is 5.73. The molecule has 0 aliphatic heterocycles. The molecule has 1 aromatic carbocycles. The van der Waals surface area contributed by atoms with Crippen LogP contribution in [-0.2, 0) is 4.74 Å². The van der Waals surface area contributed by atoms with E-state index in [9.17, 15) is 4.79 Å². The van der Waals surface area contributed by atoms with Crippen LogP contribution in [-0.4, -0.2) is 29.7 Å². The molecular formula is C14H14N2O3. The number of imidazole rings is 1. The molecule has 19 heavy (non-hydrogen) atoms. The molecule has 1 heterocycles. The van der Waals surface area contributed by atoms with Crippen molar-refractivity contribution >= 4 is 11.9 Å². The van der Waals surface area contributed by atoms with Crippen LogP contribution < -0.4 is 4.74 Å². The SMILES string of the molecule is COCOc1cccc(C(=O)C=Cc2ncc[nH]2)c1. The highest BCUT2D eigenvalue weighted by Crippen LogP contribution is 2.14. The van der Waals surface area contributed by atoms with Crippen molar-refractivity contribution in [3.05, 3.63) is 54.1 Å². The average molecular weight is 258 g/mol. The Labute approximate surface area is 110 Å². The molecule has 0 fully saturated rings.